The standard InChI is InChI=1S/C24H31NO6/c1-8-31-23(27)18-13(2)25-15-11-24(3,4)12-16(26)20(15)19(18)14-9-10-17(28-5)22(30-7)21(14)29-6/h9-10,18-19H,8,11-12H2,1-7H3/t18?,19-/m1/s1. The summed E-state index contributed by atoms with van der Waals surface area (Å²) in [6.45, 7) is 7.94. The van der Waals surface area contributed by atoms with Crippen LogP contribution >= 0.6 is 0 Å². The Hall–Kier alpha value is -2.83. The number of esters is 1. The number of hydrogen-bond acceptors (Lipinski definition) is 7. The minimum atomic E-state index is -0.726. The lowest BCUT2D eigenvalue weighted by Crippen LogP contribution is -2.39. The normalized spacial score (nSPS) is 22.4. The maximum absolute atomic E-state index is 13.4. The van der Waals surface area contributed by atoms with E-state index in [9.17, 15) is 9.59 Å². The summed E-state index contributed by atoms with van der Waals surface area (Å²) in [7, 11) is 4.60. The van der Waals surface area contributed by atoms with Crippen molar-refractivity contribution in [3.05, 3.63) is 29.0 Å². The van der Waals surface area contributed by atoms with Crippen molar-refractivity contribution in [1.29, 1.82) is 0 Å². The van der Waals surface area contributed by atoms with Crippen LogP contribution in [0.25, 0.3) is 0 Å². The fourth-order valence-corrected chi connectivity index (χ4v) is 4.69. The van der Waals surface area contributed by atoms with Gasteiger partial charge in [0.25, 0.3) is 0 Å². The van der Waals surface area contributed by atoms with Crippen LogP contribution in [0.5, 0.6) is 17.2 Å². The molecular weight excluding hydrogens is 398 g/mol. The average Bonchev–Trinajstić information content (AvgIpc) is 2.70. The minimum absolute atomic E-state index is 0.00126. The second kappa shape index (κ2) is 8.73. The average molecular weight is 430 g/mol. The van der Waals surface area contributed by atoms with Gasteiger partial charge in [0.1, 0.15) is 5.92 Å². The van der Waals surface area contributed by atoms with E-state index in [0.717, 1.165) is 5.70 Å². The van der Waals surface area contributed by atoms with E-state index < -0.39 is 17.8 Å². The molecule has 0 spiro atoms. The fraction of sp³-hybridized carbons (Fsp3) is 0.542. The zero-order valence-corrected chi connectivity index (χ0v) is 19.3. The molecule has 3 rings (SSSR count). The highest BCUT2D eigenvalue weighted by Gasteiger charge is 2.47. The molecule has 0 bridgehead atoms. The molecule has 168 valence electrons. The number of allylic oxidation sites excluding steroid dienone is 2. The molecule has 0 saturated heterocycles. The van der Waals surface area contributed by atoms with E-state index >= 15 is 0 Å². The minimum Gasteiger partial charge on any atom is -0.493 e. The molecule has 7 nitrogen and oxygen atoms in total. The molecule has 0 N–H and O–H groups in total. The number of aliphatic imine (C=N–C) groups is 1. The van der Waals surface area contributed by atoms with Gasteiger partial charge in [-0.1, -0.05) is 19.9 Å². The van der Waals surface area contributed by atoms with Crippen LogP contribution in [0.2, 0.25) is 0 Å². The van der Waals surface area contributed by atoms with Gasteiger partial charge in [-0.05, 0) is 31.7 Å². The second-order valence-corrected chi connectivity index (χ2v) is 8.69. The molecule has 1 aliphatic carbocycles. The molecule has 0 radical (unpaired) electrons. The van der Waals surface area contributed by atoms with E-state index in [4.69, 9.17) is 23.9 Å². The summed E-state index contributed by atoms with van der Waals surface area (Å²) in [6, 6.07) is 3.59. The maximum atomic E-state index is 13.4. The summed E-state index contributed by atoms with van der Waals surface area (Å²) in [5, 5.41) is 0. The number of methoxy groups -OCH3 is 3. The highest BCUT2D eigenvalue weighted by molar-refractivity contribution is 6.09. The van der Waals surface area contributed by atoms with Gasteiger partial charge in [-0.15, -0.1) is 0 Å². The van der Waals surface area contributed by atoms with E-state index in [-0.39, 0.29) is 17.8 Å². The zero-order valence-electron chi connectivity index (χ0n) is 19.3. The second-order valence-electron chi connectivity index (χ2n) is 8.69. The lowest BCUT2D eigenvalue weighted by atomic mass is 9.66. The van der Waals surface area contributed by atoms with E-state index in [1.807, 2.05) is 13.0 Å². The van der Waals surface area contributed by atoms with Crippen LogP contribution in [0, 0.1) is 11.3 Å². The van der Waals surface area contributed by atoms with Crippen LogP contribution in [0.15, 0.2) is 28.4 Å². The fourth-order valence-electron chi connectivity index (χ4n) is 4.69. The van der Waals surface area contributed by atoms with Crippen LogP contribution < -0.4 is 14.2 Å². The molecule has 31 heavy (non-hydrogen) atoms. The van der Waals surface area contributed by atoms with Crippen molar-refractivity contribution in [3.8, 4) is 17.2 Å². The van der Waals surface area contributed by atoms with Crippen molar-refractivity contribution < 1.29 is 28.5 Å². The Bertz CT molecular complexity index is 959. The third-order valence-electron chi connectivity index (χ3n) is 5.91. The number of ketones is 1. The van der Waals surface area contributed by atoms with E-state index in [1.54, 1.807) is 20.1 Å². The van der Waals surface area contributed by atoms with Crippen LogP contribution in [-0.4, -0.2) is 45.4 Å². The highest BCUT2D eigenvalue weighted by atomic mass is 16.5. The van der Waals surface area contributed by atoms with Crippen LogP contribution in [0.4, 0.5) is 0 Å². The van der Waals surface area contributed by atoms with Gasteiger partial charge in [-0.2, -0.15) is 0 Å². The first-order valence-corrected chi connectivity index (χ1v) is 10.5. The summed E-state index contributed by atoms with van der Waals surface area (Å²) < 4.78 is 22.1. The smallest absolute Gasteiger partial charge is 0.315 e. The molecule has 1 aliphatic heterocycles. The molecule has 1 heterocycles. The topological polar surface area (TPSA) is 83.4 Å². The quantitative estimate of drug-likeness (QED) is 0.634. The summed E-state index contributed by atoms with van der Waals surface area (Å²) >= 11 is 0. The predicted molar refractivity (Wildman–Crippen MR) is 117 cm³/mol. The van der Waals surface area contributed by atoms with Crippen molar-refractivity contribution in [2.24, 2.45) is 16.3 Å². The first-order chi connectivity index (χ1) is 14.7. The third kappa shape index (κ3) is 4.05. The number of rotatable bonds is 6. The highest BCUT2D eigenvalue weighted by Crippen LogP contribution is 2.52. The predicted octanol–water partition coefficient (Wildman–Crippen LogP) is 4.09. The molecule has 1 aromatic rings. The van der Waals surface area contributed by atoms with Gasteiger partial charge >= 0.3 is 5.97 Å². The van der Waals surface area contributed by atoms with Gasteiger partial charge in [-0.25, -0.2) is 0 Å². The Morgan fingerprint density at radius 1 is 1.10 bits per heavy atom. The lowest BCUT2D eigenvalue weighted by molar-refractivity contribution is -0.146. The summed E-state index contributed by atoms with van der Waals surface area (Å²) in [6.07, 6.45) is 1.05. The Balaban J connectivity index is 2.29. The van der Waals surface area contributed by atoms with Crippen LogP contribution in [0.3, 0.4) is 0 Å². The molecule has 0 fully saturated rings. The number of ether oxygens (including phenoxy) is 4. The van der Waals surface area contributed by atoms with Gasteiger partial charge in [0, 0.05) is 34.9 Å². The maximum Gasteiger partial charge on any atom is 0.315 e. The first kappa shape index (κ1) is 22.8. The molecule has 1 unspecified atom stereocenters. The molecular formula is C24H31NO6. The van der Waals surface area contributed by atoms with Gasteiger partial charge < -0.3 is 18.9 Å². The Labute approximate surface area is 183 Å². The number of carbonyl (C=O) groups is 2. The molecule has 0 amide bonds. The van der Waals surface area contributed by atoms with Crippen molar-refractivity contribution in [1.82, 2.24) is 0 Å². The van der Waals surface area contributed by atoms with Crippen molar-refractivity contribution in [2.75, 3.05) is 27.9 Å². The van der Waals surface area contributed by atoms with E-state index in [1.165, 1.54) is 14.2 Å². The van der Waals surface area contributed by atoms with Gasteiger partial charge in [0.15, 0.2) is 17.3 Å². The van der Waals surface area contributed by atoms with Crippen molar-refractivity contribution in [2.45, 2.75) is 46.5 Å². The molecule has 2 aliphatic rings. The number of carbonyl (C=O) groups excluding carboxylic acids is 2. The summed E-state index contributed by atoms with van der Waals surface area (Å²) in [4.78, 5) is 31.1. The Morgan fingerprint density at radius 2 is 1.77 bits per heavy atom. The van der Waals surface area contributed by atoms with Gasteiger partial charge in [0.05, 0.1) is 27.9 Å². The largest absolute Gasteiger partial charge is 0.493 e. The summed E-state index contributed by atoms with van der Waals surface area (Å²) in [5.74, 6) is -0.368. The Kier molecular flexibility index (Phi) is 6.43. The van der Waals surface area contributed by atoms with Crippen molar-refractivity contribution >= 4 is 17.5 Å². The monoisotopic (exact) mass is 429 g/mol. The molecule has 0 saturated carbocycles. The van der Waals surface area contributed by atoms with Crippen molar-refractivity contribution in [3.63, 3.8) is 0 Å². The third-order valence-corrected chi connectivity index (χ3v) is 5.91. The number of Topliss-reactive ketones (excluding diaryl/α,β-unsaturated/α-hetero) is 1. The SMILES string of the molecule is CCOC(=O)C1C(C)=NC2=C(C(=O)CC(C)(C)C2)[C@@H]1c1ccc(OC)c(OC)c1OC. The number of hydrogen-bond donors (Lipinski definition) is 0. The lowest BCUT2D eigenvalue weighted by Gasteiger charge is -2.39. The van der Waals surface area contributed by atoms with Gasteiger partial charge in [0.2, 0.25) is 5.75 Å². The van der Waals surface area contributed by atoms with E-state index in [0.29, 0.717) is 46.9 Å². The molecule has 0 aromatic heterocycles. The number of nitrogens with zero attached hydrogens (tertiary/aromatic N) is 1. The first-order valence-electron chi connectivity index (χ1n) is 10.5. The van der Waals surface area contributed by atoms with Crippen LogP contribution in [0.1, 0.15) is 52.0 Å². The molecule has 1 aromatic carbocycles. The number of benzene rings is 1. The van der Waals surface area contributed by atoms with Crippen LogP contribution in [-0.2, 0) is 14.3 Å². The van der Waals surface area contributed by atoms with Gasteiger partial charge in [-0.3, -0.25) is 14.6 Å². The zero-order chi connectivity index (χ0) is 22.9. The Morgan fingerprint density at radius 3 is 2.35 bits per heavy atom. The van der Waals surface area contributed by atoms with E-state index in [2.05, 4.69) is 13.8 Å². The molecule has 2 atom stereocenters. The molecule has 7 heteroatoms. The summed E-state index contributed by atoms with van der Waals surface area (Å²) in [5.41, 5.74) is 2.41.